The first-order valence-electron chi connectivity index (χ1n) is 8.56. The highest BCUT2D eigenvalue weighted by molar-refractivity contribution is 7.92. The number of methoxy groups -OCH3 is 1. The molecular formula is C17H25N3O5S. The summed E-state index contributed by atoms with van der Waals surface area (Å²) in [4.78, 5) is 26.6. The molecule has 1 saturated heterocycles. The zero-order valence-corrected chi connectivity index (χ0v) is 15.8. The van der Waals surface area contributed by atoms with Crippen molar-refractivity contribution in [1.29, 1.82) is 0 Å². The molecule has 0 radical (unpaired) electrons. The predicted molar refractivity (Wildman–Crippen MR) is 98.5 cm³/mol. The summed E-state index contributed by atoms with van der Waals surface area (Å²) < 4.78 is 30.5. The Labute approximate surface area is 153 Å². The van der Waals surface area contributed by atoms with E-state index in [2.05, 4.69) is 10.0 Å². The van der Waals surface area contributed by atoms with Gasteiger partial charge in [-0.3, -0.25) is 14.3 Å². The lowest BCUT2D eigenvalue weighted by Gasteiger charge is -2.24. The van der Waals surface area contributed by atoms with Crippen molar-refractivity contribution >= 4 is 27.5 Å². The van der Waals surface area contributed by atoms with Crippen molar-refractivity contribution in [3.63, 3.8) is 0 Å². The van der Waals surface area contributed by atoms with E-state index in [1.165, 1.54) is 0 Å². The molecule has 1 aliphatic heterocycles. The number of likely N-dealkylation sites (tertiary alicyclic amines) is 1. The van der Waals surface area contributed by atoms with Crippen LogP contribution < -0.4 is 10.0 Å². The molecule has 0 aromatic heterocycles. The SMILES string of the molecule is CCS(=O)(=O)Nc1ccc(C(=O)N2CCCC2C(=O)NCCOC)cc1. The number of nitrogens with zero attached hydrogens (tertiary/aromatic N) is 1. The first-order valence-corrected chi connectivity index (χ1v) is 10.2. The van der Waals surface area contributed by atoms with Crippen molar-refractivity contribution in [2.45, 2.75) is 25.8 Å². The second-order valence-corrected chi connectivity index (χ2v) is 8.03. The summed E-state index contributed by atoms with van der Waals surface area (Å²) in [5.41, 5.74) is 0.819. The molecule has 8 nitrogen and oxygen atoms in total. The Morgan fingerprint density at radius 2 is 1.96 bits per heavy atom. The Balaban J connectivity index is 2.04. The van der Waals surface area contributed by atoms with Gasteiger partial charge in [0.05, 0.1) is 12.4 Å². The van der Waals surface area contributed by atoms with Crippen LogP contribution in [-0.2, 0) is 19.6 Å². The van der Waals surface area contributed by atoms with Crippen LogP contribution in [0.5, 0.6) is 0 Å². The smallest absolute Gasteiger partial charge is 0.254 e. The van der Waals surface area contributed by atoms with Gasteiger partial charge < -0.3 is 15.0 Å². The molecule has 1 unspecified atom stereocenters. The number of rotatable bonds is 8. The minimum absolute atomic E-state index is 0.0265. The quantitative estimate of drug-likeness (QED) is 0.647. The molecule has 0 bridgehead atoms. The van der Waals surface area contributed by atoms with Crippen molar-refractivity contribution < 1.29 is 22.7 Å². The van der Waals surface area contributed by atoms with Gasteiger partial charge >= 0.3 is 0 Å². The fraction of sp³-hybridized carbons (Fsp3) is 0.529. The van der Waals surface area contributed by atoms with Gasteiger partial charge in [0.1, 0.15) is 6.04 Å². The highest BCUT2D eigenvalue weighted by Gasteiger charge is 2.34. The molecule has 144 valence electrons. The number of ether oxygens (including phenoxy) is 1. The highest BCUT2D eigenvalue weighted by atomic mass is 32.2. The van der Waals surface area contributed by atoms with Crippen LogP contribution in [0.3, 0.4) is 0 Å². The molecular weight excluding hydrogens is 358 g/mol. The number of hydrogen-bond acceptors (Lipinski definition) is 5. The molecule has 1 aromatic rings. The third-order valence-electron chi connectivity index (χ3n) is 4.21. The number of hydrogen-bond donors (Lipinski definition) is 2. The summed E-state index contributed by atoms with van der Waals surface area (Å²) in [6.07, 6.45) is 1.39. The van der Waals surface area contributed by atoms with Gasteiger partial charge in [-0.2, -0.15) is 0 Å². The van der Waals surface area contributed by atoms with Crippen LogP contribution in [0.1, 0.15) is 30.1 Å². The number of sulfonamides is 1. The average molecular weight is 383 g/mol. The minimum atomic E-state index is -3.36. The number of carbonyl (C=O) groups is 2. The first-order chi connectivity index (χ1) is 12.4. The number of benzene rings is 1. The van der Waals surface area contributed by atoms with Crippen molar-refractivity contribution in [3.05, 3.63) is 29.8 Å². The Morgan fingerprint density at radius 1 is 1.27 bits per heavy atom. The molecule has 2 N–H and O–H groups in total. The van der Waals surface area contributed by atoms with Crippen molar-refractivity contribution in [2.75, 3.05) is 37.3 Å². The van der Waals surface area contributed by atoms with E-state index in [0.29, 0.717) is 37.4 Å². The standard InChI is InChI=1S/C17H25N3O5S/c1-3-26(23,24)19-14-8-6-13(7-9-14)17(22)20-11-4-5-15(20)16(21)18-10-12-25-2/h6-9,15,19H,3-5,10-12H2,1-2H3,(H,18,21). The first kappa shape index (κ1) is 20.2. The predicted octanol–water partition coefficient (Wildman–Crippen LogP) is 0.815. The Hall–Kier alpha value is -2.13. The minimum Gasteiger partial charge on any atom is -0.383 e. The summed E-state index contributed by atoms with van der Waals surface area (Å²) >= 11 is 0. The maximum absolute atomic E-state index is 12.7. The van der Waals surface area contributed by atoms with Crippen LogP contribution in [-0.4, -0.2) is 63.7 Å². The van der Waals surface area contributed by atoms with Gasteiger partial charge in [-0.15, -0.1) is 0 Å². The molecule has 1 heterocycles. The van der Waals surface area contributed by atoms with E-state index in [1.807, 2.05) is 0 Å². The van der Waals surface area contributed by atoms with Crippen molar-refractivity contribution in [2.24, 2.45) is 0 Å². The second kappa shape index (κ2) is 9.00. The molecule has 1 fully saturated rings. The van der Waals surface area contributed by atoms with E-state index < -0.39 is 16.1 Å². The number of anilines is 1. The summed E-state index contributed by atoms with van der Waals surface area (Å²) in [6.45, 7) is 2.89. The van der Waals surface area contributed by atoms with Gasteiger partial charge in [-0.25, -0.2) is 8.42 Å². The molecule has 1 aliphatic rings. The zero-order chi connectivity index (χ0) is 19.2. The molecule has 0 spiro atoms. The van der Waals surface area contributed by atoms with Crippen LogP contribution in [0.15, 0.2) is 24.3 Å². The lowest BCUT2D eigenvalue weighted by Crippen LogP contribution is -2.46. The fourth-order valence-electron chi connectivity index (χ4n) is 2.77. The normalized spacial score (nSPS) is 17.2. The monoisotopic (exact) mass is 383 g/mol. The average Bonchev–Trinajstić information content (AvgIpc) is 3.11. The number of amides is 2. The number of nitrogens with one attached hydrogen (secondary N) is 2. The Morgan fingerprint density at radius 3 is 2.58 bits per heavy atom. The van der Waals surface area contributed by atoms with Crippen molar-refractivity contribution in [3.8, 4) is 0 Å². The van der Waals surface area contributed by atoms with Crippen LogP contribution in [0.2, 0.25) is 0 Å². The number of carbonyl (C=O) groups excluding carboxylic acids is 2. The van der Waals surface area contributed by atoms with Gasteiger partial charge in [-0.05, 0) is 44.0 Å². The molecule has 1 aromatic carbocycles. The molecule has 9 heteroatoms. The molecule has 2 rings (SSSR count). The molecule has 0 saturated carbocycles. The third kappa shape index (κ3) is 5.18. The summed E-state index contributed by atoms with van der Waals surface area (Å²) in [7, 11) is -1.80. The lowest BCUT2D eigenvalue weighted by molar-refractivity contribution is -0.125. The van der Waals surface area contributed by atoms with Gasteiger partial charge in [-0.1, -0.05) is 0 Å². The topological polar surface area (TPSA) is 105 Å². The van der Waals surface area contributed by atoms with Crippen molar-refractivity contribution in [1.82, 2.24) is 10.2 Å². The van der Waals surface area contributed by atoms with E-state index in [9.17, 15) is 18.0 Å². The molecule has 26 heavy (non-hydrogen) atoms. The van der Waals surface area contributed by atoms with Gasteiger partial charge in [0.25, 0.3) is 5.91 Å². The van der Waals surface area contributed by atoms with Gasteiger partial charge in [0.2, 0.25) is 15.9 Å². The fourth-order valence-corrected chi connectivity index (χ4v) is 3.41. The third-order valence-corrected chi connectivity index (χ3v) is 5.51. The molecule has 0 aliphatic carbocycles. The van der Waals surface area contributed by atoms with Gasteiger partial charge in [0.15, 0.2) is 0 Å². The maximum Gasteiger partial charge on any atom is 0.254 e. The second-order valence-electron chi connectivity index (χ2n) is 6.02. The zero-order valence-electron chi connectivity index (χ0n) is 15.0. The Bertz CT molecular complexity index is 733. The van der Waals surface area contributed by atoms with E-state index in [4.69, 9.17) is 4.74 Å². The van der Waals surface area contributed by atoms with Crippen LogP contribution in [0.25, 0.3) is 0 Å². The van der Waals surface area contributed by atoms with Crippen LogP contribution in [0, 0.1) is 0 Å². The van der Waals surface area contributed by atoms with E-state index in [-0.39, 0.29) is 17.6 Å². The molecule has 1 atom stereocenters. The van der Waals surface area contributed by atoms with Crippen LogP contribution >= 0.6 is 0 Å². The summed E-state index contributed by atoms with van der Waals surface area (Å²) in [5, 5.41) is 2.77. The largest absolute Gasteiger partial charge is 0.383 e. The van der Waals surface area contributed by atoms with Gasteiger partial charge in [0, 0.05) is 31.5 Å². The lowest BCUT2D eigenvalue weighted by atomic mass is 10.1. The maximum atomic E-state index is 12.7. The van der Waals surface area contributed by atoms with E-state index >= 15 is 0 Å². The molecule has 2 amide bonds. The summed E-state index contributed by atoms with van der Waals surface area (Å²) in [6, 6.07) is 5.73. The van der Waals surface area contributed by atoms with E-state index in [0.717, 1.165) is 6.42 Å². The van der Waals surface area contributed by atoms with Crippen LogP contribution in [0.4, 0.5) is 5.69 Å². The van der Waals surface area contributed by atoms with E-state index in [1.54, 1.807) is 43.2 Å². The summed E-state index contributed by atoms with van der Waals surface area (Å²) in [5.74, 6) is -0.444. The Kier molecular flexibility index (Phi) is 6.98. The highest BCUT2D eigenvalue weighted by Crippen LogP contribution is 2.21.